The Hall–Kier alpha value is 0.0549. The lowest BCUT2D eigenvalue weighted by molar-refractivity contribution is -0.0412. The Morgan fingerprint density at radius 3 is 2.48 bits per heavy atom. The second kappa shape index (κ2) is 7.09. The molecule has 1 saturated heterocycles. The van der Waals surface area contributed by atoms with Crippen molar-refractivity contribution in [3.05, 3.63) is 0 Å². The van der Waals surface area contributed by atoms with Crippen LogP contribution in [0.3, 0.4) is 0 Å². The maximum Gasteiger partial charge on any atom is 0.356 e. The van der Waals surface area contributed by atoms with Crippen LogP contribution in [0.4, 0.5) is 0 Å². The zero-order valence-electron chi connectivity index (χ0n) is 13.2. The van der Waals surface area contributed by atoms with Gasteiger partial charge in [0.2, 0.25) is 0 Å². The molecule has 1 fully saturated rings. The number of methoxy groups -OCH3 is 1. The van der Waals surface area contributed by atoms with Crippen molar-refractivity contribution in [1.82, 2.24) is 0 Å². The summed E-state index contributed by atoms with van der Waals surface area (Å²) in [6, 6.07) is -0.270. The molecular weight excluding hydrogens is 298 g/mol. The highest BCUT2D eigenvalue weighted by molar-refractivity contribution is 7.53. The third-order valence-corrected chi connectivity index (χ3v) is 5.69. The first-order valence-corrected chi connectivity index (χ1v) is 8.78. The van der Waals surface area contributed by atoms with Gasteiger partial charge in [0.25, 0.3) is 0 Å². The van der Waals surface area contributed by atoms with Crippen molar-refractivity contribution in [2.75, 3.05) is 7.11 Å². The normalized spacial score (nSPS) is 36.9. The van der Waals surface area contributed by atoms with Gasteiger partial charge in [-0.25, -0.2) is 0 Å². The van der Waals surface area contributed by atoms with Gasteiger partial charge in [-0.2, -0.15) is 0 Å². The Bertz CT molecular complexity index is 394. The third kappa shape index (κ3) is 4.51. The minimum absolute atomic E-state index is 0.228. The standard InChI is InChI=1S/C12H26BO7P/c1-5-12(3,20-21(16,17)7(2)14)6-8-9(15)10(18-4)11(13)19-8/h7-11,14-15H,5-6,13H2,1-4H3,(H,16,17)/t7?,8-,9-,10-,11-,12?/m1/s1. The van der Waals surface area contributed by atoms with E-state index in [9.17, 15) is 19.7 Å². The van der Waals surface area contributed by atoms with E-state index in [-0.39, 0.29) is 12.4 Å². The van der Waals surface area contributed by atoms with Gasteiger partial charge in [0, 0.05) is 13.5 Å². The van der Waals surface area contributed by atoms with Crippen LogP contribution in [-0.4, -0.2) is 65.8 Å². The minimum atomic E-state index is -4.13. The van der Waals surface area contributed by atoms with Gasteiger partial charge in [-0.15, -0.1) is 0 Å². The van der Waals surface area contributed by atoms with Crippen LogP contribution < -0.4 is 0 Å². The Morgan fingerprint density at radius 1 is 1.52 bits per heavy atom. The molecule has 1 heterocycles. The Morgan fingerprint density at radius 2 is 2.10 bits per heavy atom. The molecule has 124 valence electrons. The SMILES string of the molecule is B[C@@H]1O[C@H](CC(C)(CC)OP(=O)(O)C(C)O)[C@@H](O)[C@H]1OC. The highest BCUT2D eigenvalue weighted by atomic mass is 31.2. The number of ether oxygens (including phenoxy) is 2. The lowest BCUT2D eigenvalue weighted by Gasteiger charge is -2.34. The smallest absolute Gasteiger partial charge is 0.356 e. The first-order chi connectivity index (χ1) is 9.56. The fourth-order valence-corrected chi connectivity index (χ4v) is 3.47. The van der Waals surface area contributed by atoms with Crippen molar-refractivity contribution in [3.8, 4) is 0 Å². The highest BCUT2D eigenvalue weighted by Gasteiger charge is 2.46. The summed E-state index contributed by atoms with van der Waals surface area (Å²) >= 11 is 0. The highest BCUT2D eigenvalue weighted by Crippen LogP contribution is 2.51. The van der Waals surface area contributed by atoms with E-state index in [1.807, 2.05) is 0 Å². The summed E-state index contributed by atoms with van der Waals surface area (Å²) in [4.78, 5) is 9.70. The van der Waals surface area contributed by atoms with Gasteiger partial charge < -0.3 is 29.1 Å². The second-order valence-corrected chi connectivity index (χ2v) is 7.92. The molecule has 7 atom stereocenters. The van der Waals surface area contributed by atoms with Gasteiger partial charge in [0.1, 0.15) is 20.1 Å². The number of hydrogen-bond acceptors (Lipinski definition) is 6. The minimum Gasteiger partial charge on any atom is -0.388 e. The molecule has 9 heteroatoms. The van der Waals surface area contributed by atoms with Gasteiger partial charge in [-0.3, -0.25) is 4.57 Å². The average Bonchev–Trinajstić information content (AvgIpc) is 2.63. The van der Waals surface area contributed by atoms with Gasteiger partial charge >= 0.3 is 7.60 Å². The van der Waals surface area contributed by atoms with Crippen LogP contribution in [-0.2, 0) is 18.6 Å². The maximum atomic E-state index is 11.9. The van der Waals surface area contributed by atoms with Crippen LogP contribution in [0.2, 0.25) is 0 Å². The predicted molar refractivity (Wildman–Crippen MR) is 79.9 cm³/mol. The molecule has 1 rings (SSSR count). The molecule has 0 aliphatic carbocycles. The molecule has 1 aliphatic rings. The summed E-state index contributed by atoms with van der Waals surface area (Å²) in [5, 5.41) is 19.5. The van der Waals surface area contributed by atoms with Gasteiger partial charge in [-0.1, -0.05) is 6.92 Å². The van der Waals surface area contributed by atoms with Crippen molar-refractivity contribution in [2.24, 2.45) is 0 Å². The molecule has 0 saturated carbocycles. The van der Waals surface area contributed by atoms with Gasteiger partial charge in [0.15, 0.2) is 5.85 Å². The molecule has 3 N–H and O–H groups in total. The Balaban J connectivity index is 2.80. The van der Waals surface area contributed by atoms with E-state index in [1.165, 1.54) is 14.0 Å². The Kier molecular flexibility index (Phi) is 6.45. The molecule has 0 bridgehead atoms. The van der Waals surface area contributed by atoms with Gasteiger partial charge in [-0.05, 0) is 20.3 Å². The van der Waals surface area contributed by atoms with E-state index in [4.69, 9.17) is 14.0 Å². The molecule has 0 aromatic heterocycles. The third-order valence-electron chi connectivity index (χ3n) is 4.05. The first-order valence-electron chi connectivity index (χ1n) is 7.14. The summed E-state index contributed by atoms with van der Waals surface area (Å²) in [7, 11) is -0.829. The predicted octanol–water partition coefficient (Wildman–Crippen LogP) is -0.181. The lowest BCUT2D eigenvalue weighted by atomic mass is 9.89. The van der Waals surface area contributed by atoms with E-state index in [0.29, 0.717) is 6.42 Å². The van der Waals surface area contributed by atoms with Crippen molar-refractivity contribution in [2.45, 2.75) is 69.4 Å². The summed E-state index contributed by atoms with van der Waals surface area (Å²) in [5.74, 6) is -1.47. The van der Waals surface area contributed by atoms with E-state index < -0.39 is 37.4 Å². The van der Waals surface area contributed by atoms with Crippen LogP contribution in [0.1, 0.15) is 33.6 Å². The molecule has 0 aromatic rings. The zero-order chi connectivity index (χ0) is 16.4. The largest absolute Gasteiger partial charge is 0.388 e. The van der Waals surface area contributed by atoms with Crippen LogP contribution >= 0.6 is 7.60 Å². The van der Waals surface area contributed by atoms with E-state index in [1.54, 1.807) is 21.7 Å². The van der Waals surface area contributed by atoms with Crippen molar-refractivity contribution < 1.29 is 33.7 Å². The number of hydrogen-bond donors (Lipinski definition) is 3. The molecule has 3 unspecified atom stereocenters. The molecule has 0 amide bonds. The zero-order valence-corrected chi connectivity index (χ0v) is 14.1. The lowest BCUT2D eigenvalue weighted by Crippen LogP contribution is -2.39. The van der Waals surface area contributed by atoms with Crippen molar-refractivity contribution >= 4 is 15.4 Å². The van der Waals surface area contributed by atoms with Crippen molar-refractivity contribution in [3.63, 3.8) is 0 Å². The van der Waals surface area contributed by atoms with Crippen LogP contribution in [0.25, 0.3) is 0 Å². The van der Waals surface area contributed by atoms with Crippen LogP contribution in [0, 0.1) is 0 Å². The first kappa shape index (κ1) is 19.1. The van der Waals surface area contributed by atoms with Gasteiger partial charge in [0.05, 0.1) is 17.7 Å². The molecule has 21 heavy (non-hydrogen) atoms. The Labute approximate surface area is 126 Å². The quantitative estimate of drug-likeness (QED) is 0.441. The summed E-state index contributed by atoms with van der Waals surface area (Å²) in [6.45, 7) is 4.68. The molecule has 1 aliphatic heterocycles. The monoisotopic (exact) mass is 324 g/mol. The van der Waals surface area contributed by atoms with E-state index in [0.717, 1.165) is 0 Å². The maximum absolute atomic E-state index is 11.9. The number of aliphatic hydroxyl groups is 2. The molecule has 0 aromatic carbocycles. The molecule has 0 radical (unpaired) electrons. The summed E-state index contributed by atoms with van der Waals surface area (Å²) in [5.41, 5.74) is -0.991. The summed E-state index contributed by atoms with van der Waals surface area (Å²) in [6.07, 6.45) is -1.16. The number of rotatable bonds is 7. The fourth-order valence-electron chi connectivity index (χ4n) is 2.49. The van der Waals surface area contributed by atoms with Crippen molar-refractivity contribution in [1.29, 1.82) is 0 Å². The van der Waals surface area contributed by atoms with E-state index in [2.05, 4.69) is 0 Å². The topological polar surface area (TPSA) is 105 Å². The van der Waals surface area contributed by atoms with Crippen LogP contribution in [0.5, 0.6) is 0 Å². The summed E-state index contributed by atoms with van der Waals surface area (Å²) < 4.78 is 28.0. The van der Waals surface area contributed by atoms with Crippen LogP contribution in [0.15, 0.2) is 0 Å². The molecule has 0 spiro atoms. The molecular formula is C12H26BO7P. The van der Waals surface area contributed by atoms with E-state index >= 15 is 0 Å². The average molecular weight is 324 g/mol. The second-order valence-electron chi connectivity index (χ2n) is 5.87. The molecule has 7 nitrogen and oxygen atoms in total. The number of aliphatic hydroxyl groups excluding tert-OH is 2. The fraction of sp³-hybridized carbons (Fsp3) is 1.00.